The number of amides is 1. The molecule has 0 radical (unpaired) electrons. The zero-order valence-corrected chi connectivity index (χ0v) is 19.8. The van der Waals surface area contributed by atoms with Gasteiger partial charge in [-0.05, 0) is 37.5 Å². The fourth-order valence-corrected chi connectivity index (χ4v) is 2.89. The molecule has 3 N–H and O–H groups in total. The number of guanidine groups is 1. The first-order valence-electron chi connectivity index (χ1n) is 9.33. The van der Waals surface area contributed by atoms with Gasteiger partial charge in [0.25, 0.3) is 0 Å². The summed E-state index contributed by atoms with van der Waals surface area (Å²) >= 11 is 6.14. The van der Waals surface area contributed by atoms with Crippen LogP contribution in [0.4, 0.5) is 0 Å². The van der Waals surface area contributed by atoms with Gasteiger partial charge < -0.3 is 16.0 Å². The molecule has 0 spiro atoms. The Labute approximate surface area is 185 Å². The van der Waals surface area contributed by atoms with Gasteiger partial charge in [-0.25, -0.2) is 0 Å². The van der Waals surface area contributed by atoms with Crippen LogP contribution in [-0.2, 0) is 10.2 Å². The maximum atomic E-state index is 11.9. The van der Waals surface area contributed by atoms with Crippen molar-refractivity contribution >= 4 is 47.4 Å². The van der Waals surface area contributed by atoms with Crippen molar-refractivity contribution in [1.29, 1.82) is 0 Å². The molecule has 1 aliphatic rings. The van der Waals surface area contributed by atoms with Crippen molar-refractivity contribution in [2.24, 2.45) is 10.4 Å². The molecule has 1 aromatic rings. The van der Waals surface area contributed by atoms with Crippen molar-refractivity contribution in [1.82, 2.24) is 16.0 Å². The molecule has 1 amide bonds. The lowest BCUT2D eigenvalue weighted by molar-refractivity contribution is -0.128. The van der Waals surface area contributed by atoms with Crippen molar-refractivity contribution in [3.8, 4) is 0 Å². The molecule has 0 aromatic heterocycles. The molecule has 0 unspecified atom stereocenters. The van der Waals surface area contributed by atoms with Gasteiger partial charge in [-0.2, -0.15) is 0 Å². The fourth-order valence-electron chi connectivity index (χ4n) is 2.70. The quantitative estimate of drug-likeness (QED) is 0.229. The predicted molar refractivity (Wildman–Crippen MR) is 124 cm³/mol. The van der Waals surface area contributed by atoms with Crippen LogP contribution < -0.4 is 16.0 Å². The van der Waals surface area contributed by atoms with E-state index < -0.39 is 0 Å². The van der Waals surface area contributed by atoms with Gasteiger partial charge in [0.15, 0.2) is 5.96 Å². The molecule has 0 saturated heterocycles. The number of hydrogen-bond acceptors (Lipinski definition) is 2. The van der Waals surface area contributed by atoms with Gasteiger partial charge in [0.2, 0.25) is 5.91 Å². The van der Waals surface area contributed by atoms with Gasteiger partial charge in [-0.15, -0.1) is 24.0 Å². The van der Waals surface area contributed by atoms with Crippen molar-refractivity contribution in [2.75, 3.05) is 26.2 Å². The number of benzene rings is 1. The topological polar surface area (TPSA) is 65.5 Å². The number of carbonyl (C=O) groups is 1. The van der Waals surface area contributed by atoms with Crippen molar-refractivity contribution in [3.05, 3.63) is 34.9 Å². The molecule has 1 aromatic carbocycles. The van der Waals surface area contributed by atoms with E-state index >= 15 is 0 Å². The summed E-state index contributed by atoms with van der Waals surface area (Å²) in [6.07, 6.45) is 2.27. The molecule has 1 fully saturated rings. The number of halogens is 2. The van der Waals surface area contributed by atoms with Crippen LogP contribution in [0.3, 0.4) is 0 Å². The van der Waals surface area contributed by atoms with E-state index in [1.54, 1.807) is 0 Å². The highest BCUT2D eigenvalue weighted by molar-refractivity contribution is 14.0. The first-order valence-corrected chi connectivity index (χ1v) is 9.71. The summed E-state index contributed by atoms with van der Waals surface area (Å²) in [6, 6.07) is 8.09. The van der Waals surface area contributed by atoms with Crippen LogP contribution >= 0.6 is 35.6 Å². The molecular weight excluding hydrogens is 475 g/mol. The van der Waals surface area contributed by atoms with E-state index in [9.17, 15) is 4.79 Å². The summed E-state index contributed by atoms with van der Waals surface area (Å²) in [7, 11) is 0. The summed E-state index contributed by atoms with van der Waals surface area (Å²) in [6.45, 7) is 10.5. The average Bonchev–Trinajstić information content (AvgIpc) is 3.36. The number of rotatable bonds is 7. The molecule has 0 bridgehead atoms. The van der Waals surface area contributed by atoms with E-state index in [4.69, 9.17) is 16.6 Å². The lowest BCUT2D eigenvalue weighted by Crippen LogP contribution is -2.43. The Bertz CT molecular complexity index is 654. The highest BCUT2D eigenvalue weighted by Crippen LogP contribution is 2.48. The standard InChI is InChI=1S/C20H31ClN4O.HI/c1-5-22-18(24-12-11-23-17(26)19(2,3)4)25-14-20(9-10-20)15-7-6-8-16(21)13-15;/h6-8,13H,5,9-12,14H2,1-4H3,(H,23,26)(H2,22,24,25);1H. The Hall–Kier alpha value is -1.02. The number of nitrogens with zero attached hydrogens (tertiary/aromatic N) is 1. The second-order valence-electron chi connectivity index (χ2n) is 7.92. The van der Waals surface area contributed by atoms with Gasteiger partial charge in [-0.1, -0.05) is 44.5 Å². The average molecular weight is 507 g/mol. The summed E-state index contributed by atoms with van der Waals surface area (Å²) in [5.41, 5.74) is 1.02. The van der Waals surface area contributed by atoms with E-state index in [0.717, 1.165) is 36.9 Å². The lowest BCUT2D eigenvalue weighted by Gasteiger charge is -2.19. The molecular formula is C20H32ClIN4O. The normalized spacial score (nSPS) is 15.5. The summed E-state index contributed by atoms with van der Waals surface area (Å²) < 4.78 is 0. The largest absolute Gasteiger partial charge is 0.357 e. The Morgan fingerprint density at radius 3 is 2.41 bits per heavy atom. The molecule has 2 rings (SSSR count). The van der Waals surface area contributed by atoms with Crippen LogP contribution in [0.25, 0.3) is 0 Å². The van der Waals surface area contributed by atoms with Gasteiger partial charge in [-0.3, -0.25) is 9.79 Å². The van der Waals surface area contributed by atoms with E-state index in [1.807, 2.05) is 45.9 Å². The van der Waals surface area contributed by atoms with E-state index in [1.165, 1.54) is 5.56 Å². The number of hydrogen-bond donors (Lipinski definition) is 3. The maximum absolute atomic E-state index is 11.9. The van der Waals surface area contributed by atoms with Crippen LogP contribution in [0.15, 0.2) is 29.3 Å². The van der Waals surface area contributed by atoms with Crippen LogP contribution in [0, 0.1) is 5.41 Å². The predicted octanol–water partition coefficient (Wildman–Crippen LogP) is 3.71. The van der Waals surface area contributed by atoms with Gasteiger partial charge >= 0.3 is 0 Å². The smallest absolute Gasteiger partial charge is 0.225 e. The number of aliphatic imine (C=N–C) groups is 1. The van der Waals surface area contributed by atoms with Gasteiger partial charge in [0.05, 0.1) is 6.54 Å². The van der Waals surface area contributed by atoms with Gasteiger partial charge in [0.1, 0.15) is 0 Å². The zero-order valence-electron chi connectivity index (χ0n) is 16.7. The molecule has 152 valence electrons. The fraction of sp³-hybridized carbons (Fsp3) is 0.600. The second kappa shape index (κ2) is 10.5. The molecule has 27 heavy (non-hydrogen) atoms. The van der Waals surface area contributed by atoms with Crippen molar-refractivity contribution in [3.63, 3.8) is 0 Å². The third-order valence-corrected chi connectivity index (χ3v) is 4.79. The van der Waals surface area contributed by atoms with Crippen molar-refractivity contribution < 1.29 is 4.79 Å². The Morgan fingerprint density at radius 2 is 1.85 bits per heavy atom. The van der Waals surface area contributed by atoms with Crippen LogP contribution in [0.2, 0.25) is 5.02 Å². The third kappa shape index (κ3) is 7.49. The monoisotopic (exact) mass is 506 g/mol. The maximum Gasteiger partial charge on any atom is 0.225 e. The molecule has 0 aliphatic heterocycles. The van der Waals surface area contributed by atoms with Crippen LogP contribution in [-0.4, -0.2) is 38.0 Å². The van der Waals surface area contributed by atoms with Crippen LogP contribution in [0.5, 0.6) is 0 Å². The third-order valence-electron chi connectivity index (χ3n) is 4.56. The minimum atomic E-state index is -0.367. The Balaban J connectivity index is 0.00000364. The Kier molecular flexibility index (Phi) is 9.34. The number of nitrogens with one attached hydrogen (secondary N) is 3. The summed E-state index contributed by atoms with van der Waals surface area (Å²) in [4.78, 5) is 16.6. The first kappa shape index (κ1) is 24.0. The summed E-state index contributed by atoms with van der Waals surface area (Å²) in [5.74, 6) is 0.838. The highest BCUT2D eigenvalue weighted by Gasteiger charge is 2.44. The minimum Gasteiger partial charge on any atom is -0.357 e. The molecule has 1 saturated carbocycles. The SMILES string of the molecule is CCNC(=NCC1(c2cccc(Cl)c2)CC1)NCCNC(=O)C(C)(C)C.I. The van der Waals surface area contributed by atoms with E-state index in [-0.39, 0.29) is 40.7 Å². The lowest BCUT2D eigenvalue weighted by atomic mass is 9.96. The second-order valence-corrected chi connectivity index (χ2v) is 8.35. The number of carbonyl (C=O) groups excluding carboxylic acids is 1. The molecule has 5 nitrogen and oxygen atoms in total. The first-order chi connectivity index (χ1) is 12.3. The summed E-state index contributed by atoms with van der Waals surface area (Å²) in [5, 5.41) is 10.3. The zero-order chi connectivity index (χ0) is 19.2. The molecule has 0 heterocycles. The van der Waals surface area contributed by atoms with Crippen LogP contribution in [0.1, 0.15) is 46.1 Å². The molecule has 0 atom stereocenters. The Morgan fingerprint density at radius 1 is 1.19 bits per heavy atom. The molecule has 1 aliphatic carbocycles. The molecule has 7 heteroatoms. The van der Waals surface area contributed by atoms with E-state index in [0.29, 0.717) is 13.1 Å². The van der Waals surface area contributed by atoms with E-state index in [2.05, 4.69) is 22.0 Å². The van der Waals surface area contributed by atoms with Gasteiger partial charge in [0, 0.05) is 35.5 Å². The van der Waals surface area contributed by atoms with Crippen molar-refractivity contribution in [2.45, 2.75) is 46.0 Å². The minimum absolute atomic E-state index is 0. The highest BCUT2D eigenvalue weighted by atomic mass is 127.